The van der Waals surface area contributed by atoms with Gasteiger partial charge in [-0.1, -0.05) is 6.07 Å². The van der Waals surface area contributed by atoms with Crippen LogP contribution in [0.1, 0.15) is 25.2 Å². The van der Waals surface area contributed by atoms with Crippen molar-refractivity contribution in [3.05, 3.63) is 48.3 Å². The maximum Gasteiger partial charge on any atom is 0.249 e. The molecule has 6 rings (SSSR count). The van der Waals surface area contributed by atoms with E-state index in [4.69, 9.17) is 4.98 Å². The monoisotopic (exact) mass is 490 g/mol. The maximum atomic E-state index is 14.1. The van der Waals surface area contributed by atoms with Crippen LogP contribution in [0.15, 0.2) is 36.9 Å². The van der Waals surface area contributed by atoms with Gasteiger partial charge in [-0.15, -0.1) is 0 Å². The van der Waals surface area contributed by atoms with Gasteiger partial charge in [-0.3, -0.25) is 9.69 Å². The Kier molecular flexibility index (Phi) is 5.08. The number of halogens is 2. The first-order valence-corrected chi connectivity index (χ1v) is 11.8. The first-order valence-electron chi connectivity index (χ1n) is 11.8. The predicted molar refractivity (Wildman–Crippen MR) is 130 cm³/mol. The van der Waals surface area contributed by atoms with Crippen molar-refractivity contribution in [2.24, 2.45) is 0 Å². The molecule has 0 bridgehead atoms. The summed E-state index contributed by atoms with van der Waals surface area (Å²) >= 11 is 0. The summed E-state index contributed by atoms with van der Waals surface area (Å²) in [4.78, 5) is 37.1. The van der Waals surface area contributed by atoms with Gasteiger partial charge in [-0.25, -0.2) is 33.7 Å². The molecule has 184 valence electrons. The van der Waals surface area contributed by atoms with Gasteiger partial charge in [0.15, 0.2) is 5.65 Å². The number of aryl methyl sites for hydroxylation is 2. The molecule has 11 heteroatoms. The lowest BCUT2D eigenvalue weighted by molar-refractivity contribution is -0.126. The van der Waals surface area contributed by atoms with E-state index >= 15 is 0 Å². The van der Waals surface area contributed by atoms with Gasteiger partial charge in [0.25, 0.3) is 0 Å². The number of anilines is 1. The van der Waals surface area contributed by atoms with Gasteiger partial charge in [0.2, 0.25) is 5.91 Å². The second-order valence-corrected chi connectivity index (χ2v) is 9.32. The summed E-state index contributed by atoms with van der Waals surface area (Å²) in [7, 11) is 0. The van der Waals surface area contributed by atoms with Crippen molar-refractivity contribution < 1.29 is 13.6 Å². The molecule has 0 unspecified atom stereocenters. The minimum atomic E-state index is -1.62. The molecule has 2 aliphatic rings. The van der Waals surface area contributed by atoms with Gasteiger partial charge < -0.3 is 9.88 Å². The molecular formula is C25H24F2N8O. The lowest BCUT2D eigenvalue weighted by Crippen LogP contribution is -2.48. The molecule has 5 heterocycles. The Morgan fingerprint density at radius 3 is 2.50 bits per heavy atom. The highest BCUT2D eigenvalue weighted by Crippen LogP contribution is 2.44. The highest BCUT2D eigenvalue weighted by Gasteiger charge is 2.52. The molecule has 0 spiro atoms. The van der Waals surface area contributed by atoms with E-state index in [1.54, 1.807) is 30.3 Å². The maximum absolute atomic E-state index is 14.1. The van der Waals surface area contributed by atoms with E-state index in [9.17, 15) is 13.6 Å². The van der Waals surface area contributed by atoms with Gasteiger partial charge in [0.05, 0.1) is 5.56 Å². The highest BCUT2D eigenvalue weighted by molar-refractivity contribution is 6.06. The minimum absolute atomic E-state index is 0.143. The van der Waals surface area contributed by atoms with Gasteiger partial charge >= 0.3 is 0 Å². The van der Waals surface area contributed by atoms with Gasteiger partial charge in [-0.05, 0) is 32.9 Å². The summed E-state index contributed by atoms with van der Waals surface area (Å²) in [6.45, 7) is 5.87. The molecule has 2 aliphatic heterocycles. The Bertz CT molecular complexity index is 1490. The molecule has 0 saturated carbocycles. The molecule has 1 saturated heterocycles. The Balaban J connectivity index is 1.49. The molecule has 3 atom stereocenters. The number of likely N-dealkylation sites (tertiary alicyclic amines) is 1. The molecule has 1 amide bonds. The molecule has 4 aromatic rings. The second kappa shape index (κ2) is 8.09. The van der Waals surface area contributed by atoms with Crippen LogP contribution >= 0.6 is 0 Å². The number of hydrogen-bond acceptors (Lipinski definition) is 7. The van der Waals surface area contributed by atoms with Crippen molar-refractivity contribution >= 4 is 22.8 Å². The van der Waals surface area contributed by atoms with Crippen LogP contribution in [0.2, 0.25) is 0 Å². The number of fused-ring (bicyclic) bond motifs is 2. The van der Waals surface area contributed by atoms with Crippen LogP contribution in [-0.4, -0.2) is 65.7 Å². The fourth-order valence-corrected chi connectivity index (χ4v) is 5.15. The molecule has 0 radical (unpaired) electrons. The van der Waals surface area contributed by atoms with Crippen LogP contribution in [0.5, 0.6) is 0 Å². The van der Waals surface area contributed by atoms with Crippen LogP contribution in [0.4, 0.5) is 14.5 Å². The number of alkyl halides is 2. The Labute approximate surface area is 205 Å². The molecule has 1 aromatic carbocycles. The van der Waals surface area contributed by atoms with Gasteiger partial charge in [-0.2, -0.15) is 0 Å². The first-order chi connectivity index (χ1) is 17.3. The average Bonchev–Trinajstić information content (AvgIpc) is 3.51. The predicted octanol–water partition coefficient (Wildman–Crippen LogP) is 3.44. The van der Waals surface area contributed by atoms with E-state index in [1.807, 2.05) is 30.5 Å². The molecule has 0 aliphatic carbocycles. The summed E-state index contributed by atoms with van der Waals surface area (Å²) in [5.41, 5.74) is 3.42. The number of hydrogen-bond donors (Lipinski definition) is 1. The summed E-state index contributed by atoms with van der Waals surface area (Å²) in [5, 5.41) is 2.87. The Hall–Kier alpha value is -3.86. The number of carbonyl (C=O) groups is 1. The Morgan fingerprint density at radius 2 is 1.81 bits per heavy atom. The smallest absolute Gasteiger partial charge is 0.249 e. The van der Waals surface area contributed by atoms with Crippen LogP contribution in [-0.2, 0) is 16.9 Å². The molecule has 1 fully saturated rings. The highest BCUT2D eigenvalue weighted by atomic mass is 19.2. The second-order valence-electron chi connectivity index (χ2n) is 9.32. The fraction of sp³-hybridized carbons (Fsp3) is 0.360. The van der Waals surface area contributed by atoms with Crippen LogP contribution in [0.3, 0.4) is 0 Å². The topological polar surface area (TPSA) is 102 Å². The zero-order valence-electron chi connectivity index (χ0n) is 20.0. The number of aromatic nitrogens is 6. The molecular weight excluding hydrogens is 466 g/mol. The number of nitrogens with zero attached hydrogens (tertiary/aromatic N) is 7. The number of imidazole rings is 1. The van der Waals surface area contributed by atoms with E-state index in [-0.39, 0.29) is 19.0 Å². The summed E-state index contributed by atoms with van der Waals surface area (Å²) in [5.74, 6) is 1.04. The van der Waals surface area contributed by atoms with Crippen LogP contribution in [0.25, 0.3) is 33.8 Å². The van der Waals surface area contributed by atoms with Gasteiger partial charge in [0, 0.05) is 48.8 Å². The van der Waals surface area contributed by atoms with E-state index in [0.717, 1.165) is 11.1 Å². The third-order valence-corrected chi connectivity index (χ3v) is 7.21. The SMILES string of the molecule is CCn1c(-c2cnc(C)nc2)nc2c(-c3ccc4c(c3)[C@@](C)(N3C[C@@H](F)[C@H](F)C3)C(=O)N4)ncnc21. The number of benzene rings is 1. The molecule has 1 N–H and O–H groups in total. The third-order valence-electron chi connectivity index (χ3n) is 7.21. The van der Waals surface area contributed by atoms with E-state index in [2.05, 4.69) is 25.3 Å². The number of carbonyl (C=O) groups excluding carboxylic acids is 1. The number of amides is 1. The number of nitrogens with one attached hydrogen (secondary N) is 1. The van der Waals surface area contributed by atoms with E-state index in [0.29, 0.717) is 46.3 Å². The van der Waals surface area contributed by atoms with Crippen LogP contribution < -0.4 is 5.32 Å². The van der Waals surface area contributed by atoms with Crippen molar-refractivity contribution in [2.45, 2.75) is 45.2 Å². The normalized spacial score (nSPS) is 23.9. The van der Waals surface area contributed by atoms with Crippen molar-refractivity contribution in [1.29, 1.82) is 0 Å². The van der Waals surface area contributed by atoms with Crippen molar-refractivity contribution in [1.82, 2.24) is 34.4 Å². The molecule has 9 nitrogen and oxygen atoms in total. The fourth-order valence-electron chi connectivity index (χ4n) is 5.15. The lowest BCUT2D eigenvalue weighted by Gasteiger charge is -2.33. The zero-order chi connectivity index (χ0) is 25.2. The average molecular weight is 491 g/mol. The number of rotatable bonds is 4. The van der Waals surface area contributed by atoms with E-state index in [1.165, 1.54) is 6.33 Å². The van der Waals surface area contributed by atoms with Crippen molar-refractivity contribution in [2.75, 3.05) is 18.4 Å². The standard InChI is InChI=1S/C25H24F2N8O/c1-4-35-22(15-8-28-13(2)29-9-15)33-21-20(30-12-31-23(21)35)14-5-6-19-16(7-14)25(3,24(36)32-19)34-10-17(26)18(27)11-34/h5-9,12,17-18H,4,10-11H2,1-3H3,(H,32,36)/t17-,18-,25-/m1/s1. The first kappa shape index (κ1) is 22.6. The largest absolute Gasteiger partial charge is 0.324 e. The third kappa shape index (κ3) is 3.22. The Morgan fingerprint density at radius 1 is 1.08 bits per heavy atom. The minimum Gasteiger partial charge on any atom is -0.324 e. The van der Waals surface area contributed by atoms with Crippen molar-refractivity contribution in [3.63, 3.8) is 0 Å². The molecule has 36 heavy (non-hydrogen) atoms. The summed E-state index contributed by atoms with van der Waals surface area (Å²) in [6, 6.07) is 5.50. The van der Waals surface area contributed by atoms with Crippen LogP contribution in [0, 0.1) is 6.92 Å². The lowest BCUT2D eigenvalue weighted by atomic mass is 9.90. The summed E-state index contributed by atoms with van der Waals surface area (Å²) in [6.07, 6.45) is 1.70. The van der Waals surface area contributed by atoms with Crippen molar-refractivity contribution in [3.8, 4) is 22.6 Å². The summed E-state index contributed by atoms with van der Waals surface area (Å²) < 4.78 is 30.1. The zero-order valence-corrected chi connectivity index (χ0v) is 20.0. The van der Waals surface area contributed by atoms with E-state index < -0.39 is 17.9 Å². The van der Waals surface area contributed by atoms with Gasteiger partial charge in [0.1, 0.15) is 47.1 Å². The molecule has 3 aromatic heterocycles. The quantitative estimate of drug-likeness (QED) is 0.468.